The topological polar surface area (TPSA) is 51.2 Å². The molecule has 0 aromatic rings. The Labute approximate surface area is 131 Å². The Kier molecular flexibility index (Phi) is 2.87. The van der Waals surface area contributed by atoms with Gasteiger partial charge in [-0.2, -0.15) is 0 Å². The van der Waals surface area contributed by atoms with Gasteiger partial charge in [0.1, 0.15) is 11.6 Å². The third kappa shape index (κ3) is 1.65. The second kappa shape index (κ2) is 4.39. The van der Waals surface area contributed by atoms with Crippen molar-refractivity contribution in [1.82, 2.24) is 0 Å². The third-order valence-electron chi connectivity index (χ3n) is 7.36. The van der Waals surface area contributed by atoms with Crippen LogP contribution in [0, 0.1) is 28.6 Å². The number of carbonyl (C=O) groups excluding carboxylic acids is 3. The van der Waals surface area contributed by atoms with E-state index in [1.807, 2.05) is 13.0 Å². The van der Waals surface area contributed by atoms with Crippen LogP contribution in [0.3, 0.4) is 0 Å². The zero-order valence-electron chi connectivity index (χ0n) is 13.5. The lowest BCUT2D eigenvalue weighted by molar-refractivity contribution is -0.149. The highest BCUT2D eigenvalue weighted by Crippen LogP contribution is 2.63. The molecule has 0 radical (unpaired) electrons. The van der Waals surface area contributed by atoms with Gasteiger partial charge in [0.2, 0.25) is 0 Å². The van der Waals surface area contributed by atoms with Crippen molar-refractivity contribution in [3.63, 3.8) is 0 Å². The molecule has 4 aliphatic rings. The lowest BCUT2D eigenvalue weighted by atomic mass is 9.47. The molecule has 0 aromatic heterocycles. The highest BCUT2D eigenvalue weighted by molar-refractivity contribution is 5.96. The first-order valence-electron chi connectivity index (χ1n) is 8.66. The maximum Gasteiger partial charge on any atom is 0.155 e. The molecule has 0 amide bonds. The van der Waals surface area contributed by atoms with Crippen molar-refractivity contribution >= 4 is 17.3 Å². The Bertz CT molecular complexity index is 616. The smallest absolute Gasteiger partial charge is 0.155 e. The summed E-state index contributed by atoms with van der Waals surface area (Å²) in [5.74, 6) is 1.54. The first kappa shape index (κ1) is 14.3. The highest BCUT2D eigenvalue weighted by atomic mass is 16.1. The van der Waals surface area contributed by atoms with Crippen molar-refractivity contribution in [3.05, 3.63) is 11.6 Å². The Morgan fingerprint density at radius 3 is 2.55 bits per heavy atom. The molecule has 3 heteroatoms. The second-order valence-electron chi connectivity index (χ2n) is 8.36. The molecule has 5 atom stereocenters. The predicted molar refractivity (Wildman–Crippen MR) is 82.1 cm³/mol. The molecule has 0 bridgehead atoms. The van der Waals surface area contributed by atoms with Gasteiger partial charge in [-0.1, -0.05) is 19.4 Å². The largest absolute Gasteiger partial charge is 0.299 e. The number of fused-ring (bicyclic) bond motifs is 5. The van der Waals surface area contributed by atoms with E-state index in [1.54, 1.807) is 0 Å². The molecule has 3 fully saturated rings. The van der Waals surface area contributed by atoms with Gasteiger partial charge in [0, 0.05) is 30.6 Å². The number of hydrogen-bond acceptors (Lipinski definition) is 3. The summed E-state index contributed by atoms with van der Waals surface area (Å²) in [6, 6.07) is 0. The number of Topliss-reactive ketones (excluding diaryl/α,β-unsaturated/α-hetero) is 2. The van der Waals surface area contributed by atoms with Crippen molar-refractivity contribution in [1.29, 1.82) is 0 Å². The van der Waals surface area contributed by atoms with Gasteiger partial charge in [0.05, 0.1) is 0 Å². The van der Waals surface area contributed by atoms with Crippen LogP contribution in [0.15, 0.2) is 11.6 Å². The molecule has 118 valence electrons. The van der Waals surface area contributed by atoms with Gasteiger partial charge in [0.15, 0.2) is 5.78 Å². The molecular formula is C19H24O3. The molecule has 0 N–H and O–H groups in total. The average molecular weight is 300 g/mol. The minimum atomic E-state index is -0.402. The van der Waals surface area contributed by atoms with Crippen LogP contribution in [-0.4, -0.2) is 17.3 Å². The van der Waals surface area contributed by atoms with Crippen LogP contribution in [0.2, 0.25) is 0 Å². The molecule has 3 saturated carbocycles. The molecule has 3 nitrogen and oxygen atoms in total. The highest BCUT2D eigenvalue weighted by Gasteiger charge is 2.62. The van der Waals surface area contributed by atoms with Crippen LogP contribution in [0.1, 0.15) is 58.8 Å². The summed E-state index contributed by atoms with van der Waals surface area (Å²) < 4.78 is 0. The lowest BCUT2D eigenvalue weighted by Crippen LogP contribution is -2.55. The quantitative estimate of drug-likeness (QED) is 0.690. The third-order valence-corrected chi connectivity index (χ3v) is 7.36. The summed E-state index contributed by atoms with van der Waals surface area (Å²) in [4.78, 5) is 37.1. The van der Waals surface area contributed by atoms with E-state index in [2.05, 4.69) is 6.92 Å². The minimum absolute atomic E-state index is 0.0320. The summed E-state index contributed by atoms with van der Waals surface area (Å²) in [6.07, 6.45) is 7.12. The number of rotatable bonds is 0. The van der Waals surface area contributed by atoms with Crippen molar-refractivity contribution in [2.75, 3.05) is 0 Å². The van der Waals surface area contributed by atoms with Gasteiger partial charge in [-0.15, -0.1) is 0 Å². The molecule has 0 saturated heterocycles. The van der Waals surface area contributed by atoms with Crippen LogP contribution in [0.25, 0.3) is 0 Å². The van der Waals surface area contributed by atoms with Gasteiger partial charge in [-0.05, 0) is 49.0 Å². The van der Waals surface area contributed by atoms with E-state index in [1.165, 1.54) is 5.57 Å². The molecule has 0 spiro atoms. The number of carbonyl (C=O) groups is 3. The van der Waals surface area contributed by atoms with Crippen LogP contribution in [0.5, 0.6) is 0 Å². The van der Waals surface area contributed by atoms with Gasteiger partial charge in [0.25, 0.3) is 0 Å². The first-order chi connectivity index (χ1) is 10.4. The summed E-state index contributed by atoms with van der Waals surface area (Å²) in [5, 5.41) is 0. The Morgan fingerprint density at radius 2 is 1.77 bits per heavy atom. The minimum Gasteiger partial charge on any atom is -0.299 e. The maximum atomic E-state index is 13.0. The Balaban J connectivity index is 1.77. The fraction of sp³-hybridized carbons (Fsp3) is 0.737. The monoisotopic (exact) mass is 300 g/mol. The average Bonchev–Trinajstić information content (AvgIpc) is 2.75. The van der Waals surface area contributed by atoms with E-state index in [9.17, 15) is 14.4 Å². The molecule has 0 aromatic carbocycles. The number of allylic oxidation sites excluding steroid dienone is 1. The molecule has 4 aliphatic carbocycles. The Morgan fingerprint density at radius 1 is 1.00 bits per heavy atom. The van der Waals surface area contributed by atoms with Crippen molar-refractivity contribution in [3.8, 4) is 0 Å². The fourth-order valence-electron chi connectivity index (χ4n) is 6.16. The fourth-order valence-corrected chi connectivity index (χ4v) is 6.16. The summed E-state index contributed by atoms with van der Waals surface area (Å²) >= 11 is 0. The van der Waals surface area contributed by atoms with Gasteiger partial charge < -0.3 is 0 Å². The van der Waals surface area contributed by atoms with Crippen molar-refractivity contribution in [2.45, 2.75) is 58.8 Å². The number of ketones is 3. The van der Waals surface area contributed by atoms with Gasteiger partial charge in [-0.25, -0.2) is 0 Å². The second-order valence-corrected chi connectivity index (χ2v) is 8.36. The van der Waals surface area contributed by atoms with E-state index in [-0.39, 0.29) is 22.9 Å². The van der Waals surface area contributed by atoms with Crippen molar-refractivity contribution < 1.29 is 14.4 Å². The molecule has 0 unspecified atom stereocenters. The summed E-state index contributed by atoms with van der Waals surface area (Å²) in [6.45, 7) is 4.22. The summed E-state index contributed by atoms with van der Waals surface area (Å²) in [7, 11) is 0. The molecular weight excluding hydrogens is 276 g/mol. The molecule has 22 heavy (non-hydrogen) atoms. The van der Waals surface area contributed by atoms with E-state index in [0.29, 0.717) is 36.9 Å². The SMILES string of the molecule is C[C@]12CCC(=O)C=C1CC[C@@H]1[C@H]2C(=O)C[C@]2(C)C(=O)CC[C@H]12. The summed E-state index contributed by atoms with van der Waals surface area (Å²) in [5.41, 5.74) is 0.660. The van der Waals surface area contributed by atoms with Crippen molar-refractivity contribution in [2.24, 2.45) is 28.6 Å². The van der Waals surface area contributed by atoms with Crippen LogP contribution < -0.4 is 0 Å². The van der Waals surface area contributed by atoms with Crippen LogP contribution in [0.4, 0.5) is 0 Å². The normalized spacial score (nSPS) is 47.6. The standard InChI is InChI=1S/C19H24O3/c1-18-8-7-12(20)9-11(18)3-4-13-14-5-6-16(22)19(14,2)10-15(21)17(13)18/h9,13-14,17H,3-8,10H2,1-2H3/t13-,14+,17-,18-,19-/m0/s1. The van der Waals surface area contributed by atoms with E-state index < -0.39 is 5.41 Å². The zero-order valence-corrected chi connectivity index (χ0v) is 13.5. The zero-order chi connectivity index (χ0) is 15.7. The van der Waals surface area contributed by atoms with Crippen LogP contribution >= 0.6 is 0 Å². The van der Waals surface area contributed by atoms with Gasteiger partial charge in [-0.3, -0.25) is 14.4 Å². The van der Waals surface area contributed by atoms with E-state index >= 15 is 0 Å². The van der Waals surface area contributed by atoms with E-state index in [0.717, 1.165) is 25.7 Å². The molecule has 4 rings (SSSR count). The number of hydrogen-bond donors (Lipinski definition) is 0. The van der Waals surface area contributed by atoms with Crippen LogP contribution in [-0.2, 0) is 14.4 Å². The first-order valence-corrected chi connectivity index (χ1v) is 8.66. The predicted octanol–water partition coefficient (Wildman–Crippen LogP) is 3.27. The maximum absolute atomic E-state index is 13.0. The lowest BCUT2D eigenvalue weighted by Gasteiger charge is -2.55. The molecule has 0 aliphatic heterocycles. The Hall–Kier alpha value is -1.25. The van der Waals surface area contributed by atoms with E-state index in [4.69, 9.17) is 0 Å². The molecule has 0 heterocycles. The van der Waals surface area contributed by atoms with Gasteiger partial charge >= 0.3 is 0 Å².